The van der Waals surface area contributed by atoms with Crippen molar-refractivity contribution in [2.75, 3.05) is 38.3 Å². The van der Waals surface area contributed by atoms with Crippen molar-refractivity contribution in [2.45, 2.75) is 0 Å². The van der Waals surface area contributed by atoms with Crippen LogP contribution in [0.1, 0.15) is 0 Å². The van der Waals surface area contributed by atoms with Gasteiger partial charge >= 0.3 is 0 Å². The van der Waals surface area contributed by atoms with Crippen molar-refractivity contribution in [3.05, 3.63) is 54.9 Å². The van der Waals surface area contributed by atoms with E-state index in [4.69, 9.17) is 19.6 Å². The molecule has 1 aliphatic heterocycles. The Kier molecular flexibility index (Phi) is 4.53. The normalized spacial score (nSPS) is 14.3. The van der Waals surface area contributed by atoms with Gasteiger partial charge in [0.1, 0.15) is 11.3 Å². The lowest BCUT2D eigenvalue weighted by Crippen LogP contribution is -2.37. The number of fused-ring (bicyclic) bond motifs is 1. The summed E-state index contributed by atoms with van der Waals surface area (Å²) in [7, 11) is 1.65. The quantitative estimate of drug-likeness (QED) is 0.532. The van der Waals surface area contributed by atoms with Gasteiger partial charge in [0, 0.05) is 31.0 Å². The fourth-order valence-electron chi connectivity index (χ4n) is 3.41. The van der Waals surface area contributed by atoms with Crippen molar-refractivity contribution >= 4 is 16.9 Å². The van der Waals surface area contributed by atoms with Crippen LogP contribution < -0.4 is 9.64 Å². The summed E-state index contributed by atoms with van der Waals surface area (Å²) in [4.78, 5) is 16.2. The lowest BCUT2D eigenvalue weighted by atomic mass is 10.1. The van der Waals surface area contributed by atoms with Crippen LogP contribution in [0.2, 0.25) is 0 Å². The molecule has 5 rings (SSSR count). The van der Waals surface area contributed by atoms with E-state index >= 15 is 0 Å². The number of nitrogens with zero attached hydrogens (tertiary/aromatic N) is 6. The van der Waals surface area contributed by atoms with Crippen LogP contribution in [0.3, 0.4) is 0 Å². The number of methoxy groups -OCH3 is 1. The summed E-state index contributed by atoms with van der Waals surface area (Å²) in [6.07, 6.45) is 3.64. The Balaban J connectivity index is 1.57. The minimum absolute atomic E-state index is 0.515. The summed E-state index contributed by atoms with van der Waals surface area (Å²) < 4.78 is 12.5. The Bertz CT molecular complexity index is 1150. The van der Waals surface area contributed by atoms with E-state index in [9.17, 15) is 0 Å². The molecule has 146 valence electrons. The molecule has 1 fully saturated rings. The smallest absolute Gasteiger partial charge is 0.253 e. The summed E-state index contributed by atoms with van der Waals surface area (Å²) in [5.74, 6) is 2.12. The standard InChI is InChI=1S/C21H20N6O2/c1-28-16-5-2-4-15(14-16)17-7-9-27(25-17)21-23-18-6-3-8-22-19(18)20(24-21)26-10-12-29-13-11-26/h2-9,14H,10-13H2,1H3. The maximum Gasteiger partial charge on any atom is 0.253 e. The number of benzene rings is 1. The van der Waals surface area contributed by atoms with E-state index in [2.05, 4.69) is 14.9 Å². The molecule has 8 heteroatoms. The van der Waals surface area contributed by atoms with E-state index in [0.717, 1.165) is 46.9 Å². The van der Waals surface area contributed by atoms with Gasteiger partial charge in [0.25, 0.3) is 5.95 Å². The van der Waals surface area contributed by atoms with Crippen molar-refractivity contribution in [1.29, 1.82) is 0 Å². The van der Waals surface area contributed by atoms with Crippen LogP contribution >= 0.6 is 0 Å². The van der Waals surface area contributed by atoms with Gasteiger partial charge in [-0.15, -0.1) is 0 Å². The zero-order chi connectivity index (χ0) is 19.6. The van der Waals surface area contributed by atoms with E-state index in [0.29, 0.717) is 19.2 Å². The predicted molar refractivity (Wildman–Crippen MR) is 109 cm³/mol. The summed E-state index contributed by atoms with van der Waals surface area (Å²) in [6, 6.07) is 13.6. The lowest BCUT2D eigenvalue weighted by Gasteiger charge is -2.28. The predicted octanol–water partition coefficient (Wildman–Crippen LogP) is 2.72. The van der Waals surface area contributed by atoms with Gasteiger partial charge in [-0.05, 0) is 30.3 Å². The number of aromatic nitrogens is 5. The first-order valence-electron chi connectivity index (χ1n) is 9.48. The Labute approximate surface area is 167 Å². The molecule has 0 N–H and O–H groups in total. The Morgan fingerprint density at radius 2 is 1.93 bits per heavy atom. The van der Waals surface area contributed by atoms with Crippen LogP contribution in [0.15, 0.2) is 54.9 Å². The van der Waals surface area contributed by atoms with E-state index in [1.165, 1.54) is 0 Å². The topological polar surface area (TPSA) is 78.2 Å². The van der Waals surface area contributed by atoms with Crippen LogP contribution in [0, 0.1) is 0 Å². The maximum atomic E-state index is 5.49. The first-order valence-corrected chi connectivity index (χ1v) is 9.48. The third kappa shape index (κ3) is 3.38. The highest BCUT2D eigenvalue weighted by atomic mass is 16.5. The molecule has 0 unspecified atom stereocenters. The van der Waals surface area contributed by atoms with Crippen molar-refractivity contribution in [3.8, 4) is 23.0 Å². The van der Waals surface area contributed by atoms with Gasteiger partial charge in [0.05, 0.1) is 31.5 Å². The monoisotopic (exact) mass is 388 g/mol. The maximum absolute atomic E-state index is 5.49. The van der Waals surface area contributed by atoms with Gasteiger partial charge in [0.15, 0.2) is 5.82 Å². The SMILES string of the molecule is COc1cccc(-c2ccn(-c3nc(N4CCOCC4)c4ncccc4n3)n2)c1. The number of morpholine rings is 1. The first-order chi connectivity index (χ1) is 14.3. The zero-order valence-corrected chi connectivity index (χ0v) is 16.0. The molecule has 1 aliphatic rings. The van der Waals surface area contributed by atoms with E-state index < -0.39 is 0 Å². The van der Waals surface area contributed by atoms with Gasteiger partial charge in [0.2, 0.25) is 0 Å². The molecule has 1 aromatic carbocycles. The molecule has 0 spiro atoms. The molecule has 0 amide bonds. The van der Waals surface area contributed by atoms with Gasteiger partial charge < -0.3 is 14.4 Å². The molecule has 0 radical (unpaired) electrons. The third-order valence-electron chi connectivity index (χ3n) is 4.89. The highest BCUT2D eigenvalue weighted by Gasteiger charge is 2.19. The molecule has 4 aromatic rings. The molecule has 0 atom stereocenters. The van der Waals surface area contributed by atoms with Gasteiger partial charge in [-0.1, -0.05) is 12.1 Å². The number of pyridine rings is 1. The van der Waals surface area contributed by atoms with Gasteiger partial charge in [-0.25, -0.2) is 9.67 Å². The Morgan fingerprint density at radius 3 is 2.79 bits per heavy atom. The minimum Gasteiger partial charge on any atom is -0.497 e. The molecule has 3 aromatic heterocycles. The van der Waals surface area contributed by atoms with Crippen molar-refractivity contribution in [1.82, 2.24) is 24.7 Å². The second-order valence-corrected chi connectivity index (χ2v) is 6.70. The van der Waals surface area contributed by atoms with Crippen molar-refractivity contribution < 1.29 is 9.47 Å². The molecule has 1 saturated heterocycles. The zero-order valence-electron chi connectivity index (χ0n) is 16.0. The number of hydrogen-bond acceptors (Lipinski definition) is 7. The van der Waals surface area contributed by atoms with Crippen molar-refractivity contribution in [3.63, 3.8) is 0 Å². The fourth-order valence-corrected chi connectivity index (χ4v) is 3.41. The summed E-state index contributed by atoms with van der Waals surface area (Å²) >= 11 is 0. The van der Waals surface area contributed by atoms with Crippen LogP contribution in [-0.4, -0.2) is 58.1 Å². The summed E-state index contributed by atoms with van der Waals surface area (Å²) in [6.45, 7) is 2.90. The van der Waals surface area contributed by atoms with Crippen LogP contribution in [0.4, 0.5) is 5.82 Å². The number of ether oxygens (including phenoxy) is 2. The highest BCUT2D eigenvalue weighted by Crippen LogP contribution is 2.25. The number of anilines is 1. The van der Waals surface area contributed by atoms with E-state index in [1.807, 2.05) is 48.7 Å². The average molecular weight is 388 g/mol. The largest absolute Gasteiger partial charge is 0.497 e. The van der Waals surface area contributed by atoms with E-state index in [1.54, 1.807) is 18.0 Å². The molecule has 0 aliphatic carbocycles. The Morgan fingerprint density at radius 1 is 1.03 bits per heavy atom. The average Bonchev–Trinajstić information content (AvgIpc) is 3.29. The first kappa shape index (κ1) is 17.6. The molecule has 8 nitrogen and oxygen atoms in total. The molecular formula is C21H20N6O2. The van der Waals surface area contributed by atoms with E-state index in [-0.39, 0.29) is 0 Å². The summed E-state index contributed by atoms with van der Waals surface area (Å²) in [5, 5.41) is 4.69. The number of rotatable bonds is 4. The highest BCUT2D eigenvalue weighted by molar-refractivity contribution is 5.86. The fraction of sp³-hybridized carbons (Fsp3) is 0.238. The van der Waals surface area contributed by atoms with Crippen molar-refractivity contribution in [2.24, 2.45) is 0 Å². The van der Waals surface area contributed by atoms with Crippen LogP contribution in [-0.2, 0) is 4.74 Å². The third-order valence-corrected chi connectivity index (χ3v) is 4.89. The lowest BCUT2D eigenvalue weighted by molar-refractivity contribution is 0.122. The van der Waals surface area contributed by atoms with Gasteiger partial charge in [-0.2, -0.15) is 10.1 Å². The number of hydrogen-bond donors (Lipinski definition) is 0. The molecule has 4 heterocycles. The molecule has 29 heavy (non-hydrogen) atoms. The molecule has 0 saturated carbocycles. The van der Waals surface area contributed by atoms with Gasteiger partial charge in [-0.3, -0.25) is 4.98 Å². The van der Waals surface area contributed by atoms with Crippen LogP contribution in [0.5, 0.6) is 5.75 Å². The Hall–Kier alpha value is -3.52. The second-order valence-electron chi connectivity index (χ2n) is 6.70. The molecule has 0 bridgehead atoms. The second kappa shape index (κ2) is 7.48. The minimum atomic E-state index is 0.515. The van der Waals surface area contributed by atoms with Crippen LogP contribution in [0.25, 0.3) is 28.2 Å². The molecular weight excluding hydrogens is 368 g/mol. The summed E-state index contributed by atoms with van der Waals surface area (Å²) in [5.41, 5.74) is 3.38.